The van der Waals surface area contributed by atoms with E-state index in [9.17, 15) is 13.2 Å². The van der Waals surface area contributed by atoms with Gasteiger partial charge in [-0.05, 0) is 18.2 Å². The molecule has 0 aliphatic carbocycles. The fourth-order valence-electron chi connectivity index (χ4n) is 0.847. The zero-order valence-corrected chi connectivity index (χ0v) is 11.0. The van der Waals surface area contributed by atoms with Gasteiger partial charge in [0.05, 0.1) is 4.90 Å². The monoisotopic (exact) mass is 259 g/mol. The van der Waals surface area contributed by atoms with Crippen molar-refractivity contribution in [2.24, 2.45) is 0 Å². The van der Waals surface area contributed by atoms with Crippen molar-refractivity contribution in [2.45, 2.75) is 4.90 Å². The molecule has 1 aromatic carbocycles. The molecule has 0 bridgehead atoms. The van der Waals surface area contributed by atoms with Gasteiger partial charge in [0.2, 0.25) is 0 Å². The van der Waals surface area contributed by atoms with Gasteiger partial charge in [0, 0.05) is 29.6 Å². The molecule has 0 fully saturated rings. The molecule has 0 spiro atoms. The van der Waals surface area contributed by atoms with Gasteiger partial charge in [-0.15, -0.1) is 0 Å². The number of carbonyl (C=O) groups is 1. The van der Waals surface area contributed by atoms with E-state index in [2.05, 4.69) is 0 Å². The third-order valence-corrected chi connectivity index (χ3v) is 2.35. The van der Waals surface area contributed by atoms with Crippen LogP contribution in [0.5, 0.6) is 5.75 Å². The molecule has 5 N–H and O–H groups in total. The Morgan fingerprint density at radius 3 is 2.12 bits per heavy atom. The van der Waals surface area contributed by atoms with Crippen LogP contribution in [0.3, 0.4) is 0 Å². The number of carboxylic acids is 1. The Hall–Kier alpha value is -0.640. The molecule has 7 nitrogen and oxygen atoms in total. The predicted molar refractivity (Wildman–Crippen MR) is 54.2 cm³/mol. The quantitative estimate of drug-likeness (QED) is 0.465. The van der Waals surface area contributed by atoms with Gasteiger partial charge in [-0.3, -0.25) is 4.55 Å². The summed E-state index contributed by atoms with van der Waals surface area (Å²) in [4.78, 5) is 9.89. The first-order valence-corrected chi connectivity index (χ1v) is 4.80. The molecule has 1 aromatic rings. The molecule has 1 rings (SSSR count). The van der Waals surface area contributed by atoms with Crippen LogP contribution in [0.15, 0.2) is 23.1 Å². The number of aromatic carboxylic acids is 1. The zero-order valence-electron chi connectivity index (χ0n) is 8.21. The van der Waals surface area contributed by atoms with Crippen LogP contribution in [-0.4, -0.2) is 64.2 Å². The van der Waals surface area contributed by atoms with E-state index in [0.717, 1.165) is 12.1 Å². The van der Waals surface area contributed by atoms with Crippen molar-refractivity contribution in [1.29, 1.82) is 0 Å². The number of carboxylic acid groups (broad SMARTS) is 1. The molecule has 0 saturated heterocycles. The van der Waals surface area contributed by atoms with Crippen LogP contribution in [0, 0.1) is 0 Å². The topological polar surface area (TPSA) is 143 Å². The van der Waals surface area contributed by atoms with Gasteiger partial charge in [-0.25, -0.2) is 4.79 Å². The first-order valence-electron chi connectivity index (χ1n) is 3.36. The van der Waals surface area contributed by atoms with E-state index in [1.54, 1.807) is 0 Å². The van der Waals surface area contributed by atoms with Crippen molar-refractivity contribution in [3.63, 3.8) is 0 Å². The number of hydrogen-bond donors (Lipinski definition) is 3. The summed E-state index contributed by atoms with van der Waals surface area (Å²) >= 11 is 0. The normalized spacial score (nSPS) is 9.81. The van der Waals surface area contributed by atoms with Crippen molar-refractivity contribution in [3.8, 4) is 5.75 Å². The second-order valence-electron chi connectivity index (χ2n) is 2.46. The Morgan fingerprint density at radius 2 is 1.75 bits per heavy atom. The average molecular weight is 259 g/mol. The molecule has 0 aliphatic rings. The van der Waals surface area contributed by atoms with Gasteiger partial charge in [0.15, 0.2) is 0 Å². The van der Waals surface area contributed by atoms with Crippen LogP contribution in [-0.2, 0) is 10.1 Å². The van der Waals surface area contributed by atoms with E-state index >= 15 is 0 Å². The molecule has 0 aromatic heterocycles. The Labute approximate surface area is 113 Å². The van der Waals surface area contributed by atoms with Crippen LogP contribution in [0.25, 0.3) is 0 Å². The van der Waals surface area contributed by atoms with Crippen molar-refractivity contribution in [1.82, 2.24) is 0 Å². The third-order valence-electron chi connectivity index (χ3n) is 1.50. The Balaban J connectivity index is 0. The maximum Gasteiger partial charge on any atom is 0.339 e. The molecule has 0 unspecified atom stereocenters. The SMILES string of the molecule is O.O=C(O)c1cc(S(=O)(=O)O)ccc1O.[Na]. The van der Waals surface area contributed by atoms with E-state index in [1.165, 1.54) is 0 Å². The van der Waals surface area contributed by atoms with Gasteiger partial charge < -0.3 is 15.7 Å². The fraction of sp³-hybridized carbons (Fsp3) is 0. The van der Waals surface area contributed by atoms with Crippen LogP contribution < -0.4 is 0 Å². The Kier molecular flexibility index (Phi) is 6.86. The van der Waals surface area contributed by atoms with E-state index in [4.69, 9.17) is 14.8 Å². The van der Waals surface area contributed by atoms with Gasteiger partial charge in [0.25, 0.3) is 10.1 Å². The maximum atomic E-state index is 10.6. The van der Waals surface area contributed by atoms with Gasteiger partial charge in [0.1, 0.15) is 11.3 Å². The summed E-state index contributed by atoms with van der Waals surface area (Å²) in [5.41, 5.74) is -0.583. The number of hydrogen-bond acceptors (Lipinski definition) is 4. The second-order valence-corrected chi connectivity index (χ2v) is 3.88. The van der Waals surface area contributed by atoms with Crippen LogP contribution in [0.4, 0.5) is 0 Å². The summed E-state index contributed by atoms with van der Waals surface area (Å²) in [6.07, 6.45) is 0. The molecule has 0 heterocycles. The number of rotatable bonds is 2. The zero-order chi connectivity index (χ0) is 10.9. The van der Waals surface area contributed by atoms with Crippen LogP contribution in [0.2, 0.25) is 0 Å². The Bertz CT molecular complexity index is 482. The van der Waals surface area contributed by atoms with Gasteiger partial charge >= 0.3 is 5.97 Å². The third kappa shape index (κ3) is 4.08. The molecule has 0 atom stereocenters. The summed E-state index contributed by atoms with van der Waals surface area (Å²) < 4.78 is 29.8. The first kappa shape index (κ1) is 17.7. The van der Waals surface area contributed by atoms with Gasteiger partial charge in [-0.1, -0.05) is 0 Å². The average Bonchev–Trinajstić information content (AvgIpc) is 2.02. The van der Waals surface area contributed by atoms with Crippen LogP contribution in [0.1, 0.15) is 10.4 Å². The summed E-state index contributed by atoms with van der Waals surface area (Å²) in [5.74, 6) is -2.04. The van der Waals surface area contributed by atoms with Crippen molar-refractivity contribution in [2.75, 3.05) is 0 Å². The molecule has 0 saturated carbocycles. The van der Waals surface area contributed by atoms with E-state index < -0.39 is 32.3 Å². The molecular weight excluding hydrogens is 251 g/mol. The van der Waals surface area contributed by atoms with E-state index in [-0.39, 0.29) is 35.0 Å². The predicted octanol–water partition coefficient (Wildman–Crippen LogP) is -0.868. The van der Waals surface area contributed by atoms with Crippen molar-refractivity contribution in [3.05, 3.63) is 23.8 Å². The fourth-order valence-corrected chi connectivity index (χ4v) is 1.35. The summed E-state index contributed by atoms with van der Waals surface area (Å²) in [7, 11) is -4.45. The Morgan fingerprint density at radius 1 is 1.25 bits per heavy atom. The first-order chi connectivity index (χ1) is 6.32. The van der Waals surface area contributed by atoms with Crippen LogP contribution >= 0.6 is 0 Å². The smallest absolute Gasteiger partial charge is 0.339 e. The van der Waals surface area contributed by atoms with E-state index in [1.807, 2.05) is 0 Å². The molecular formula is C7H8NaO7S. The summed E-state index contributed by atoms with van der Waals surface area (Å²) in [5, 5.41) is 17.5. The standard InChI is InChI=1S/C7H6O6S.Na.H2O/c8-6-2-1-4(14(11,12)13)3-5(6)7(9)10;;/h1-3,8H,(H,9,10)(H,11,12,13);;1H2. The van der Waals surface area contributed by atoms with Gasteiger partial charge in [-0.2, -0.15) is 8.42 Å². The molecule has 9 heteroatoms. The second kappa shape index (κ2) is 6.18. The molecule has 0 aliphatic heterocycles. The maximum absolute atomic E-state index is 10.6. The summed E-state index contributed by atoms with van der Waals surface area (Å²) in [6, 6.07) is 2.46. The molecule has 85 valence electrons. The minimum Gasteiger partial charge on any atom is -0.507 e. The number of phenols is 1. The minimum absolute atomic E-state index is 0. The van der Waals surface area contributed by atoms with E-state index in [0.29, 0.717) is 6.07 Å². The number of benzene rings is 1. The van der Waals surface area contributed by atoms with Crippen molar-refractivity contribution < 1.29 is 33.5 Å². The largest absolute Gasteiger partial charge is 0.507 e. The molecule has 16 heavy (non-hydrogen) atoms. The minimum atomic E-state index is -4.45. The van der Waals surface area contributed by atoms with Crippen molar-refractivity contribution >= 4 is 45.6 Å². The summed E-state index contributed by atoms with van der Waals surface area (Å²) in [6.45, 7) is 0. The molecule has 0 amide bonds. The number of aromatic hydroxyl groups is 1. The molecule has 1 radical (unpaired) electrons.